The van der Waals surface area contributed by atoms with Gasteiger partial charge in [-0.15, -0.1) is 0 Å². The van der Waals surface area contributed by atoms with E-state index in [1.54, 1.807) is 12.1 Å². The molecule has 0 unspecified atom stereocenters. The SMILES string of the molecule is CC(C)OCCN(C)Cc1cccc(O)c1. The zero-order chi connectivity index (χ0) is 12.0. The third-order valence-electron chi connectivity index (χ3n) is 2.29. The smallest absolute Gasteiger partial charge is 0.115 e. The normalized spacial score (nSPS) is 11.3. The molecule has 1 aromatic rings. The molecule has 0 radical (unpaired) electrons. The lowest BCUT2D eigenvalue weighted by atomic mass is 10.2. The number of likely N-dealkylation sites (N-methyl/N-ethyl adjacent to an activating group) is 1. The Labute approximate surface area is 97.7 Å². The van der Waals surface area contributed by atoms with Crippen molar-refractivity contribution in [2.75, 3.05) is 20.2 Å². The van der Waals surface area contributed by atoms with Crippen LogP contribution in [-0.4, -0.2) is 36.3 Å². The number of nitrogens with zero attached hydrogens (tertiary/aromatic N) is 1. The number of hydrogen-bond acceptors (Lipinski definition) is 3. The maximum Gasteiger partial charge on any atom is 0.115 e. The highest BCUT2D eigenvalue weighted by Crippen LogP contribution is 2.12. The first-order chi connectivity index (χ1) is 7.58. The Morgan fingerprint density at radius 2 is 2.12 bits per heavy atom. The quantitative estimate of drug-likeness (QED) is 0.803. The van der Waals surface area contributed by atoms with Crippen molar-refractivity contribution in [3.05, 3.63) is 29.8 Å². The Morgan fingerprint density at radius 1 is 1.38 bits per heavy atom. The van der Waals surface area contributed by atoms with Crippen molar-refractivity contribution in [1.82, 2.24) is 4.90 Å². The summed E-state index contributed by atoms with van der Waals surface area (Å²) in [6.45, 7) is 6.54. The molecule has 0 aliphatic heterocycles. The van der Waals surface area contributed by atoms with E-state index in [1.165, 1.54) is 0 Å². The van der Waals surface area contributed by atoms with Crippen molar-refractivity contribution in [1.29, 1.82) is 0 Å². The van der Waals surface area contributed by atoms with E-state index in [0.717, 1.165) is 25.3 Å². The van der Waals surface area contributed by atoms with E-state index in [4.69, 9.17) is 4.74 Å². The van der Waals surface area contributed by atoms with Crippen molar-refractivity contribution >= 4 is 0 Å². The minimum Gasteiger partial charge on any atom is -0.508 e. The summed E-state index contributed by atoms with van der Waals surface area (Å²) < 4.78 is 5.48. The topological polar surface area (TPSA) is 32.7 Å². The zero-order valence-electron chi connectivity index (χ0n) is 10.3. The molecule has 0 aromatic heterocycles. The van der Waals surface area contributed by atoms with Crippen LogP contribution in [0.15, 0.2) is 24.3 Å². The van der Waals surface area contributed by atoms with Gasteiger partial charge in [-0.05, 0) is 38.6 Å². The molecule has 0 atom stereocenters. The van der Waals surface area contributed by atoms with Crippen LogP contribution in [0.4, 0.5) is 0 Å². The van der Waals surface area contributed by atoms with E-state index < -0.39 is 0 Å². The van der Waals surface area contributed by atoms with Gasteiger partial charge in [0, 0.05) is 13.1 Å². The Morgan fingerprint density at radius 3 is 2.75 bits per heavy atom. The van der Waals surface area contributed by atoms with Crippen molar-refractivity contribution in [2.24, 2.45) is 0 Å². The Kier molecular flexibility index (Phi) is 5.29. The van der Waals surface area contributed by atoms with Crippen LogP contribution >= 0.6 is 0 Å². The van der Waals surface area contributed by atoms with Gasteiger partial charge in [0.25, 0.3) is 0 Å². The third kappa shape index (κ3) is 5.14. The number of phenols is 1. The monoisotopic (exact) mass is 223 g/mol. The molecule has 0 bridgehead atoms. The Bertz CT molecular complexity index is 313. The fourth-order valence-corrected chi connectivity index (χ4v) is 1.49. The average Bonchev–Trinajstić information content (AvgIpc) is 2.16. The number of ether oxygens (including phenoxy) is 1. The number of hydrogen-bond donors (Lipinski definition) is 1. The van der Waals surface area contributed by atoms with E-state index >= 15 is 0 Å². The second-order valence-electron chi connectivity index (χ2n) is 4.33. The molecule has 3 nitrogen and oxygen atoms in total. The molecule has 1 rings (SSSR count). The Hall–Kier alpha value is -1.06. The van der Waals surface area contributed by atoms with E-state index in [9.17, 15) is 5.11 Å². The van der Waals surface area contributed by atoms with E-state index in [-0.39, 0.29) is 6.10 Å². The fraction of sp³-hybridized carbons (Fsp3) is 0.538. The molecule has 0 fully saturated rings. The third-order valence-corrected chi connectivity index (χ3v) is 2.29. The van der Waals surface area contributed by atoms with Crippen LogP contribution in [-0.2, 0) is 11.3 Å². The largest absolute Gasteiger partial charge is 0.508 e. The average molecular weight is 223 g/mol. The standard InChI is InChI=1S/C13H21NO2/c1-11(2)16-8-7-14(3)10-12-5-4-6-13(15)9-12/h4-6,9,11,15H,7-8,10H2,1-3H3. The van der Waals surface area contributed by atoms with Gasteiger partial charge in [0.1, 0.15) is 5.75 Å². The molecule has 3 heteroatoms. The van der Waals surface area contributed by atoms with Gasteiger partial charge in [-0.2, -0.15) is 0 Å². The Balaban J connectivity index is 2.31. The molecule has 0 heterocycles. The minimum absolute atomic E-state index is 0.286. The molecule has 1 aromatic carbocycles. The summed E-state index contributed by atoms with van der Waals surface area (Å²) in [5, 5.41) is 9.33. The number of phenolic OH excluding ortho intramolecular Hbond substituents is 1. The summed E-state index contributed by atoms with van der Waals surface area (Å²) in [7, 11) is 2.05. The van der Waals surface area contributed by atoms with Gasteiger partial charge in [-0.3, -0.25) is 4.90 Å². The van der Waals surface area contributed by atoms with Gasteiger partial charge >= 0.3 is 0 Å². The minimum atomic E-state index is 0.286. The first-order valence-electron chi connectivity index (χ1n) is 5.66. The van der Waals surface area contributed by atoms with Crippen molar-refractivity contribution in [2.45, 2.75) is 26.5 Å². The van der Waals surface area contributed by atoms with Crippen molar-refractivity contribution < 1.29 is 9.84 Å². The number of benzene rings is 1. The van der Waals surface area contributed by atoms with Gasteiger partial charge < -0.3 is 9.84 Å². The number of aromatic hydroxyl groups is 1. The van der Waals surface area contributed by atoms with E-state index in [0.29, 0.717) is 5.75 Å². The molecule has 16 heavy (non-hydrogen) atoms. The second kappa shape index (κ2) is 6.51. The highest BCUT2D eigenvalue weighted by Gasteiger charge is 2.01. The van der Waals surface area contributed by atoms with Crippen molar-refractivity contribution in [3.63, 3.8) is 0 Å². The van der Waals surface area contributed by atoms with Gasteiger partial charge in [0.15, 0.2) is 0 Å². The van der Waals surface area contributed by atoms with Crippen LogP contribution in [0.1, 0.15) is 19.4 Å². The summed E-state index contributed by atoms with van der Waals surface area (Å²) in [6, 6.07) is 7.35. The molecule has 1 N–H and O–H groups in total. The van der Waals surface area contributed by atoms with Gasteiger partial charge in [-0.25, -0.2) is 0 Å². The maximum atomic E-state index is 9.33. The molecule has 90 valence electrons. The lowest BCUT2D eigenvalue weighted by molar-refractivity contribution is 0.0627. The molecular formula is C13H21NO2. The van der Waals surface area contributed by atoms with Crippen LogP contribution in [0.3, 0.4) is 0 Å². The lowest BCUT2D eigenvalue weighted by Gasteiger charge is -2.17. The molecule has 0 amide bonds. The molecule has 0 saturated heterocycles. The second-order valence-corrected chi connectivity index (χ2v) is 4.33. The molecule has 0 aliphatic carbocycles. The molecule has 0 saturated carbocycles. The number of rotatable bonds is 6. The van der Waals surface area contributed by atoms with Gasteiger partial charge in [0.2, 0.25) is 0 Å². The maximum absolute atomic E-state index is 9.33. The molecular weight excluding hydrogens is 202 g/mol. The van der Waals surface area contributed by atoms with Crippen LogP contribution < -0.4 is 0 Å². The summed E-state index contributed by atoms with van der Waals surface area (Å²) in [5.41, 5.74) is 1.12. The summed E-state index contributed by atoms with van der Waals surface area (Å²) in [6.07, 6.45) is 0.286. The first kappa shape index (κ1) is 13.0. The summed E-state index contributed by atoms with van der Waals surface area (Å²) in [5.74, 6) is 0.323. The fourth-order valence-electron chi connectivity index (χ4n) is 1.49. The molecule has 0 aliphatic rings. The van der Waals surface area contributed by atoms with Crippen molar-refractivity contribution in [3.8, 4) is 5.75 Å². The van der Waals surface area contributed by atoms with Crippen LogP contribution in [0.5, 0.6) is 5.75 Å². The van der Waals surface area contributed by atoms with Crippen LogP contribution in [0, 0.1) is 0 Å². The lowest BCUT2D eigenvalue weighted by Crippen LogP contribution is -2.23. The predicted octanol–water partition coefficient (Wildman–Crippen LogP) is 2.25. The molecule has 0 spiro atoms. The van der Waals surface area contributed by atoms with Gasteiger partial charge in [-0.1, -0.05) is 12.1 Å². The van der Waals surface area contributed by atoms with E-state index in [1.807, 2.05) is 33.0 Å². The summed E-state index contributed by atoms with van der Waals surface area (Å²) in [4.78, 5) is 2.18. The predicted molar refractivity (Wildman–Crippen MR) is 65.5 cm³/mol. The first-order valence-corrected chi connectivity index (χ1v) is 5.66. The van der Waals surface area contributed by atoms with Crippen LogP contribution in [0.2, 0.25) is 0 Å². The highest BCUT2D eigenvalue weighted by molar-refractivity contribution is 5.26. The van der Waals surface area contributed by atoms with E-state index in [2.05, 4.69) is 4.90 Å². The van der Waals surface area contributed by atoms with Gasteiger partial charge in [0.05, 0.1) is 12.7 Å². The summed E-state index contributed by atoms with van der Waals surface area (Å²) >= 11 is 0. The van der Waals surface area contributed by atoms with Crippen LogP contribution in [0.25, 0.3) is 0 Å². The highest BCUT2D eigenvalue weighted by atomic mass is 16.5. The zero-order valence-corrected chi connectivity index (χ0v) is 10.3.